The number of hydrogen-bond acceptors (Lipinski definition) is 3. The van der Waals surface area contributed by atoms with Crippen LogP contribution in [0.4, 0.5) is 8.78 Å². The molecule has 0 spiro atoms. The molecule has 5 nitrogen and oxygen atoms in total. The SMILES string of the molecule is CCNC(=NCC(C)(O)c1ccc(C)o1)NCCc1c(F)cccc1F.I. The Labute approximate surface area is 175 Å². The summed E-state index contributed by atoms with van der Waals surface area (Å²) in [5.41, 5.74) is -1.22. The molecule has 150 valence electrons. The van der Waals surface area contributed by atoms with Crippen molar-refractivity contribution in [1.82, 2.24) is 10.6 Å². The van der Waals surface area contributed by atoms with E-state index in [9.17, 15) is 13.9 Å². The molecule has 0 bridgehead atoms. The lowest BCUT2D eigenvalue weighted by atomic mass is 10.0. The van der Waals surface area contributed by atoms with Gasteiger partial charge in [-0.2, -0.15) is 0 Å². The Balaban J connectivity index is 0.00000364. The van der Waals surface area contributed by atoms with E-state index in [0.717, 1.165) is 0 Å². The van der Waals surface area contributed by atoms with E-state index < -0.39 is 17.2 Å². The normalized spacial score (nSPS) is 13.6. The maximum Gasteiger partial charge on any atom is 0.191 e. The van der Waals surface area contributed by atoms with Gasteiger partial charge in [-0.05, 0) is 51.5 Å². The highest BCUT2D eigenvalue weighted by Gasteiger charge is 2.26. The molecule has 0 aliphatic carbocycles. The minimum atomic E-state index is -1.26. The van der Waals surface area contributed by atoms with E-state index in [1.165, 1.54) is 18.2 Å². The Kier molecular flexibility index (Phi) is 9.17. The van der Waals surface area contributed by atoms with Crippen molar-refractivity contribution < 1.29 is 18.3 Å². The summed E-state index contributed by atoms with van der Waals surface area (Å²) in [5, 5.41) is 16.6. The first-order valence-electron chi connectivity index (χ1n) is 8.58. The van der Waals surface area contributed by atoms with Crippen LogP contribution in [-0.4, -0.2) is 30.7 Å². The van der Waals surface area contributed by atoms with Crippen LogP contribution in [0.15, 0.2) is 39.7 Å². The van der Waals surface area contributed by atoms with Crippen LogP contribution < -0.4 is 10.6 Å². The molecule has 1 aromatic heterocycles. The monoisotopic (exact) mass is 493 g/mol. The second-order valence-electron chi connectivity index (χ2n) is 6.26. The molecule has 0 aliphatic rings. The molecule has 27 heavy (non-hydrogen) atoms. The fourth-order valence-corrected chi connectivity index (χ4v) is 2.45. The van der Waals surface area contributed by atoms with E-state index in [1.807, 2.05) is 6.92 Å². The number of benzene rings is 1. The van der Waals surface area contributed by atoms with Crippen molar-refractivity contribution in [2.24, 2.45) is 4.99 Å². The highest BCUT2D eigenvalue weighted by molar-refractivity contribution is 14.0. The van der Waals surface area contributed by atoms with Gasteiger partial charge in [0, 0.05) is 18.7 Å². The molecule has 0 aliphatic heterocycles. The number of nitrogens with zero attached hydrogens (tertiary/aromatic N) is 1. The zero-order chi connectivity index (χ0) is 19.2. The molecule has 1 aromatic carbocycles. The van der Waals surface area contributed by atoms with Gasteiger partial charge in [0.1, 0.15) is 28.8 Å². The summed E-state index contributed by atoms with van der Waals surface area (Å²) in [6.45, 7) is 6.31. The van der Waals surface area contributed by atoms with Gasteiger partial charge < -0.3 is 20.2 Å². The highest BCUT2D eigenvalue weighted by atomic mass is 127. The number of nitrogens with one attached hydrogen (secondary N) is 2. The topological polar surface area (TPSA) is 69.8 Å². The standard InChI is InChI=1S/C19H25F2N3O2.HI/c1-4-22-18(23-11-10-14-15(20)6-5-7-16(14)21)24-12-19(3,25)17-9-8-13(2)26-17;/h5-9,25H,4,10-12H2,1-3H3,(H2,22,23,24);1H. The van der Waals surface area contributed by atoms with Crippen molar-refractivity contribution in [1.29, 1.82) is 0 Å². The summed E-state index contributed by atoms with van der Waals surface area (Å²) in [7, 11) is 0. The number of aryl methyl sites for hydroxylation is 1. The molecule has 0 saturated heterocycles. The molecule has 1 unspecified atom stereocenters. The van der Waals surface area contributed by atoms with E-state index in [0.29, 0.717) is 30.6 Å². The summed E-state index contributed by atoms with van der Waals surface area (Å²) in [5.74, 6) is 0.465. The van der Waals surface area contributed by atoms with Gasteiger partial charge in [0.05, 0.1) is 6.54 Å². The largest absolute Gasteiger partial charge is 0.463 e. The molecule has 1 heterocycles. The summed E-state index contributed by atoms with van der Waals surface area (Å²) in [4.78, 5) is 4.34. The fourth-order valence-electron chi connectivity index (χ4n) is 2.45. The minimum Gasteiger partial charge on any atom is -0.463 e. The zero-order valence-electron chi connectivity index (χ0n) is 15.7. The van der Waals surface area contributed by atoms with Crippen LogP contribution in [0.5, 0.6) is 0 Å². The van der Waals surface area contributed by atoms with Crippen LogP contribution in [0, 0.1) is 18.6 Å². The Morgan fingerprint density at radius 3 is 2.41 bits per heavy atom. The fraction of sp³-hybridized carbons (Fsp3) is 0.421. The van der Waals surface area contributed by atoms with Gasteiger partial charge in [-0.25, -0.2) is 13.8 Å². The molecule has 2 aromatic rings. The van der Waals surface area contributed by atoms with Crippen molar-refractivity contribution in [3.05, 3.63) is 59.1 Å². The van der Waals surface area contributed by atoms with E-state index in [2.05, 4.69) is 15.6 Å². The lowest BCUT2D eigenvalue weighted by molar-refractivity contribution is 0.0428. The third kappa shape index (κ3) is 6.76. The van der Waals surface area contributed by atoms with Gasteiger partial charge in [0.25, 0.3) is 0 Å². The third-order valence-electron chi connectivity index (χ3n) is 3.89. The number of hydrogen-bond donors (Lipinski definition) is 3. The van der Waals surface area contributed by atoms with Crippen LogP contribution in [0.1, 0.15) is 30.9 Å². The van der Waals surface area contributed by atoms with Gasteiger partial charge in [0.15, 0.2) is 5.96 Å². The number of rotatable bonds is 7. The Morgan fingerprint density at radius 2 is 1.85 bits per heavy atom. The van der Waals surface area contributed by atoms with E-state index >= 15 is 0 Å². The maximum absolute atomic E-state index is 13.7. The number of halogens is 3. The first-order valence-corrected chi connectivity index (χ1v) is 8.58. The van der Waals surface area contributed by atoms with Gasteiger partial charge in [-0.1, -0.05) is 6.07 Å². The Morgan fingerprint density at radius 1 is 1.19 bits per heavy atom. The molecule has 0 amide bonds. The van der Waals surface area contributed by atoms with Gasteiger partial charge in [0.2, 0.25) is 0 Å². The maximum atomic E-state index is 13.7. The Bertz CT molecular complexity index is 743. The molecule has 1 atom stereocenters. The molecule has 0 radical (unpaired) electrons. The lowest BCUT2D eigenvalue weighted by Gasteiger charge is -2.19. The summed E-state index contributed by atoms with van der Waals surface area (Å²) >= 11 is 0. The van der Waals surface area contributed by atoms with Crippen molar-refractivity contribution in [2.75, 3.05) is 19.6 Å². The molecular formula is C19H26F2IN3O2. The average Bonchev–Trinajstić information content (AvgIpc) is 3.03. The predicted molar refractivity (Wildman–Crippen MR) is 112 cm³/mol. The van der Waals surface area contributed by atoms with Crippen molar-refractivity contribution >= 4 is 29.9 Å². The van der Waals surface area contributed by atoms with Crippen LogP contribution >= 0.6 is 24.0 Å². The number of furan rings is 1. The molecule has 0 saturated carbocycles. The Hall–Kier alpha value is -1.68. The van der Waals surface area contributed by atoms with Crippen molar-refractivity contribution in [3.63, 3.8) is 0 Å². The highest BCUT2D eigenvalue weighted by Crippen LogP contribution is 2.23. The second-order valence-corrected chi connectivity index (χ2v) is 6.26. The number of aliphatic hydroxyl groups is 1. The van der Waals surface area contributed by atoms with Crippen LogP contribution in [0.25, 0.3) is 0 Å². The van der Waals surface area contributed by atoms with E-state index in [1.54, 1.807) is 26.0 Å². The number of aliphatic imine (C=N–C) groups is 1. The molecule has 3 N–H and O–H groups in total. The smallest absolute Gasteiger partial charge is 0.191 e. The molecule has 2 rings (SSSR count). The van der Waals surface area contributed by atoms with E-state index in [4.69, 9.17) is 4.42 Å². The number of guanidine groups is 1. The summed E-state index contributed by atoms with van der Waals surface area (Å²) in [6.07, 6.45) is 0.177. The van der Waals surface area contributed by atoms with Gasteiger partial charge in [-0.3, -0.25) is 0 Å². The van der Waals surface area contributed by atoms with Crippen LogP contribution in [0.3, 0.4) is 0 Å². The minimum absolute atomic E-state index is 0. The molecule has 0 fully saturated rings. The summed E-state index contributed by atoms with van der Waals surface area (Å²) < 4.78 is 32.8. The molecular weight excluding hydrogens is 467 g/mol. The lowest BCUT2D eigenvalue weighted by Crippen LogP contribution is -2.39. The van der Waals surface area contributed by atoms with Gasteiger partial charge >= 0.3 is 0 Å². The van der Waals surface area contributed by atoms with Crippen LogP contribution in [-0.2, 0) is 12.0 Å². The first kappa shape index (κ1) is 23.4. The quantitative estimate of drug-likeness (QED) is 0.314. The predicted octanol–water partition coefficient (Wildman–Crippen LogP) is 3.49. The van der Waals surface area contributed by atoms with Crippen LogP contribution in [0.2, 0.25) is 0 Å². The van der Waals surface area contributed by atoms with Crippen molar-refractivity contribution in [3.8, 4) is 0 Å². The molecule has 8 heteroatoms. The van der Waals surface area contributed by atoms with E-state index in [-0.39, 0.29) is 42.5 Å². The third-order valence-corrected chi connectivity index (χ3v) is 3.89. The first-order chi connectivity index (χ1) is 12.3. The zero-order valence-corrected chi connectivity index (χ0v) is 18.0. The van der Waals surface area contributed by atoms with Gasteiger partial charge in [-0.15, -0.1) is 24.0 Å². The summed E-state index contributed by atoms with van der Waals surface area (Å²) in [6, 6.07) is 7.30. The second kappa shape index (κ2) is 10.6. The average molecular weight is 493 g/mol. The van der Waals surface area contributed by atoms with Crippen molar-refractivity contribution in [2.45, 2.75) is 32.8 Å².